The van der Waals surface area contributed by atoms with Crippen molar-refractivity contribution in [3.8, 4) is 0 Å². The monoisotopic (exact) mass is 248 g/mol. The average molecular weight is 248 g/mol. The predicted octanol–water partition coefficient (Wildman–Crippen LogP) is 2.66. The van der Waals surface area contributed by atoms with Gasteiger partial charge in [0.1, 0.15) is 4.64 Å². The molecule has 2 heterocycles. The van der Waals surface area contributed by atoms with Gasteiger partial charge in [0.2, 0.25) is 0 Å². The Bertz CT molecular complexity index is 728. The minimum absolute atomic E-state index is 0.592. The molecule has 0 aliphatic carbocycles. The van der Waals surface area contributed by atoms with E-state index in [1.807, 2.05) is 35.0 Å². The van der Waals surface area contributed by atoms with Crippen molar-refractivity contribution in [2.24, 2.45) is 0 Å². The number of hydrogen-bond acceptors (Lipinski definition) is 4. The van der Waals surface area contributed by atoms with Crippen molar-refractivity contribution < 1.29 is 0 Å². The molecule has 3 aromatic rings. The molecule has 4 nitrogen and oxygen atoms in total. The maximum absolute atomic E-state index is 5.24. The molecule has 1 N–H and O–H groups in total. The molecule has 6 heteroatoms. The Kier molecular flexibility index (Phi) is 2.19. The Balaban J connectivity index is 2.57. The van der Waals surface area contributed by atoms with Gasteiger partial charge in [-0.25, -0.2) is 4.52 Å². The third-order valence-electron chi connectivity index (χ3n) is 2.38. The van der Waals surface area contributed by atoms with Gasteiger partial charge in [-0.05, 0) is 18.4 Å². The van der Waals surface area contributed by atoms with E-state index in [0.717, 1.165) is 16.1 Å². The molecule has 80 valence electrons. The predicted molar refractivity (Wildman–Crippen MR) is 67.5 cm³/mol. The summed E-state index contributed by atoms with van der Waals surface area (Å²) in [7, 11) is 0. The molecular weight excluding hydrogens is 240 g/mol. The molecule has 2 aromatic heterocycles. The molecule has 0 fully saturated rings. The summed E-state index contributed by atoms with van der Waals surface area (Å²) in [5.41, 5.74) is 1.00. The molecule has 0 bridgehead atoms. The van der Waals surface area contributed by atoms with Gasteiger partial charge in [0, 0.05) is 5.39 Å². The summed E-state index contributed by atoms with van der Waals surface area (Å²) in [4.78, 5) is 8.63. The quantitative estimate of drug-likeness (QED) is 0.531. The molecule has 0 spiro atoms. The normalized spacial score (nSPS) is 11.3. The Hall–Kier alpha value is -1.40. The fraction of sp³-hybridized carbons (Fsp3) is 0.100. The second kappa shape index (κ2) is 3.57. The number of H-pyrrole nitrogens is 1. The molecule has 3 rings (SSSR count). The molecule has 0 amide bonds. The topological polar surface area (TPSA) is 46.0 Å². The van der Waals surface area contributed by atoms with Crippen LogP contribution in [-0.4, -0.2) is 25.8 Å². The number of thioether (sulfide) groups is 1. The lowest BCUT2D eigenvalue weighted by molar-refractivity contribution is 0.910. The highest BCUT2D eigenvalue weighted by Crippen LogP contribution is 2.17. The summed E-state index contributed by atoms with van der Waals surface area (Å²) in [5.74, 6) is 0.619. The zero-order valence-electron chi connectivity index (χ0n) is 8.47. The van der Waals surface area contributed by atoms with Gasteiger partial charge in [0.05, 0.1) is 5.52 Å². The van der Waals surface area contributed by atoms with E-state index in [9.17, 15) is 0 Å². The van der Waals surface area contributed by atoms with Crippen molar-refractivity contribution >= 4 is 40.7 Å². The standard InChI is InChI=1S/C10H8N4S2/c1-16-10-12-9-11-8(15)6-4-2-3-5-7(6)14(9)13-10/h2-5H,1H3,(H,11,12,13,15). The van der Waals surface area contributed by atoms with Gasteiger partial charge in [-0.3, -0.25) is 5.10 Å². The first-order chi connectivity index (χ1) is 7.79. The molecule has 0 saturated heterocycles. The molecule has 0 atom stereocenters. The van der Waals surface area contributed by atoms with Crippen molar-refractivity contribution in [3.63, 3.8) is 0 Å². The van der Waals surface area contributed by atoms with Gasteiger partial charge in [0.15, 0.2) is 5.16 Å². The van der Waals surface area contributed by atoms with E-state index in [1.54, 1.807) is 11.8 Å². The van der Waals surface area contributed by atoms with E-state index >= 15 is 0 Å². The van der Waals surface area contributed by atoms with Crippen LogP contribution in [0.25, 0.3) is 16.7 Å². The number of benzene rings is 1. The number of nitrogens with one attached hydrogen (secondary N) is 1. The summed E-state index contributed by atoms with van der Waals surface area (Å²) in [5, 5.41) is 4.97. The average Bonchev–Trinajstić information content (AvgIpc) is 2.72. The van der Waals surface area contributed by atoms with E-state index < -0.39 is 0 Å². The lowest BCUT2D eigenvalue weighted by atomic mass is 10.2. The first-order valence-corrected chi connectivity index (χ1v) is 6.34. The highest BCUT2D eigenvalue weighted by atomic mass is 32.2. The van der Waals surface area contributed by atoms with Crippen LogP contribution in [0.15, 0.2) is 29.4 Å². The highest BCUT2D eigenvalue weighted by molar-refractivity contribution is 7.98. The van der Waals surface area contributed by atoms with Gasteiger partial charge in [-0.1, -0.05) is 36.1 Å². The summed E-state index contributed by atoms with van der Waals surface area (Å²) in [6.45, 7) is 0. The Morgan fingerprint density at radius 3 is 2.94 bits per heavy atom. The van der Waals surface area contributed by atoms with Crippen LogP contribution in [0, 0.1) is 4.64 Å². The van der Waals surface area contributed by atoms with Crippen LogP contribution in [0.4, 0.5) is 0 Å². The zero-order chi connectivity index (χ0) is 11.1. The summed E-state index contributed by atoms with van der Waals surface area (Å²) in [6.07, 6.45) is 1.97. The van der Waals surface area contributed by atoms with E-state index in [4.69, 9.17) is 12.2 Å². The largest absolute Gasteiger partial charge is 0.269 e. The summed E-state index contributed by atoms with van der Waals surface area (Å²) in [6, 6.07) is 7.90. The van der Waals surface area contributed by atoms with Crippen LogP contribution in [0.5, 0.6) is 0 Å². The number of hydrogen-bond donors (Lipinski definition) is 1. The smallest absolute Gasteiger partial charge is 0.253 e. The number of aromatic amines is 1. The molecule has 0 aliphatic heterocycles. The second-order valence-electron chi connectivity index (χ2n) is 3.30. The van der Waals surface area contributed by atoms with Gasteiger partial charge >= 0.3 is 0 Å². The number of aromatic nitrogens is 4. The van der Waals surface area contributed by atoms with Crippen LogP contribution in [0.1, 0.15) is 0 Å². The molecule has 16 heavy (non-hydrogen) atoms. The van der Waals surface area contributed by atoms with Crippen molar-refractivity contribution in [3.05, 3.63) is 28.9 Å². The molecule has 0 radical (unpaired) electrons. The number of nitrogens with zero attached hydrogens (tertiary/aromatic N) is 3. The lowest BCUT2D eigenvalue weighted by Crippen LogP contribution is -1.93. The Morgan fingerprint density at radius 2 is 2.12 bits per heavy atom. The summed E-state index contributed by atoms with van der Waals surface area (Å²) >= 11 is 6.79. The molecular formula is C10H8N4S2. The zero-order valence-corrected chi connectivity index (χ0v) is 10.1. The molecule has 0 saturated carbocycles. The van der Waals surface area contributed by atoms with Crippen LogP contribution < -0.4 is 0 Å². The fourth-order valence-electron chi connectivity index (χ4n) is 1.65. The molecule has 1 aromatic carbocycles. The fourth-order valence-corrected chi connectivity index (χ4v) is 2.26. The second-order valence-corrected chi connectivity index (χ2v) is 4.48. The van der Waals surface area contributed by atoms with Gasteiger partial charge in [-0.2, -0.15) is 9.97 Å². The van der Waals surface area contributed by atoms with E-state index in [-0.39, 0.29) is 0 Å². The van der Waals surface area contributed by atoms with Crippen molar-refractivity contribution in [2.45, 2.75) is 5.16 Å². The SMILES string of the molecule is CSc1nc2nc(=S)c3ccccc3n2[nH]1. The summed E-state index contributed by atoms with van der Waals surface area (Å²) < 4.78 is 2.45. The van der Waals surface area contributed by atoms with E-state index in [2.05, 4.69) is 15.1 Å². The van der Waals surface area contributed by atoms with Crippen LogP contribution in [0.3, 0.4) is 0 Å². The Labute approximate surface area is 101 Å². The first kappa shape index (κ1) is 9.80. The number of rotatable bonds is 1. The highest BCUT2D eigenvalue weighted by Gasteiger charge is 2.06. The van der Waals surface area contributed by atoms with Crippen LogP contribution in [0.2, 0.25) is 0 Å². The van der Waals surface area contributed by atoms with E-state index in [0.29, 0.717) is 10.4 Å². The minimum atomic E-state index is 0.592. The van der Waals surface area contributed by atoms with Crippen LogP contribution in [-0.2, 0) is 0 Å². The molecule has 0 unspecified atom stereocenters. The van der Waals surface area contributed by atoms with E-state index in [1.165, 1.54) is 0 Å². The van der Waals surface area contributed by atoms with Gasteiger partial charge in [0.25, 0.3) is 5.78 Å². The maximum Gasteiger partial charge on any atom is 0.253 e. The van der Waals surface area contributed by atoms with Crippen molar-refractivity contribution in [1.29, 1.82) is 0 Å². The lowest BCUT2D eigenvalue weighted by Gasteiger charge is -1.99. The third kappa shape index (κ3) is 1.34. The van der Waals surface area contributed by atoms with Crippen molar-refractivity contribution in [1.82, 2.24) is 19.6 Å². The van der Waals surface area contributed by atoms with Crippen LogP contribution >= 0.6 is 24.0 Å². The third-order valence-corrected chi connectivity index (χ3v) is 3.26. The van der Waals surface area contributed by atoms with Gasteiger partial charge in [-0.15, -0.1) is 0 Å². The van der Waals surface area contributed by atoms with Gasteiger partial charge < -0.3 is 0 Å². The minimum Gasteiger partial charge on any atom is -0.269 e. The maximum atomic E-state index is 5.24. The van der Waals surface area contributed by atoms with Crippen molar-refractivity contribution in [2.75, 3.05) is 6.26 Å². The Morgan fingerprint density at radius 1 is 1.31 bits per heavy atom. The number of para-hydroxylation sites is 1. The number of fused-ring (bicyclic) bond motifs is 3. The molecule has 0 aliphatic rings. The first-order valence-electron chi connectivity index (χ1n) is 4.71.